The Balaban J connectivity index is 1.91. The van der Waals surface area contributed by atoms with Crippen LogP contribution in [0.5, 0.6) is 0 Å². The lowest BCUT2D eigenvalue weighted by Gasteiger charge is -2.13. The third-order valence-corrected chi connectivity index (χ3v) is 5.57. The van der Waals surface area contributed by atoms with Crippen molar-refractivity contribution in [3.8, 4) is 0 Å². The molecule has 0 aliphatic carbocycles. The van der Waals surface area contributed by atoms with E-state index in [9.17, 15) is 17.6 Å². The number of benzene rings is 3. The summed E-state index contributed by atoms with van der Waals surface area (Å²) in [6.45, 7) is 0. The average Bonchev–Trinajstić information content (AvgIpc) is 2.65. The van der Waals surface area contributed by atoms with E-state index in [1.165, 1.54) is 66.7 Å². The summed E-state index contributed by atoms with van der Waals surface area (Å²) in [5.74, 6) is -1.06. The van der Waals surface area contributed by atoms with Gasteiger partial charge in [-0.05, 0) is 66.7 Å². The lowest BCUT2D eigenvalue weighted by atomic mass is 10.1. The number of hydrogen-bond acceptors (Lipinski definition) is 3. The monoisotopic (exact) mass is 438 g/mol. The van der Waals surface area contributed by atoms with Gasteiger partial charge in [-0.1, -0.05) is 23.2 Å². The van der Waals surface area contributed by atoms with Gasteiger partial charge in [-0.2, -0.15) is 0 Å². The fourth-order valence-electron chi connectivity index (χ4n) is 2.34. The van der Waals surface area contributed by atoms with Crippen molar-refractivity contribution in [1.82, 2.24) is 0 Å². The second-order valence-electron chi connectivity index (χ2n) is 5.71. The minimum Gasteiger partial charge on any atom is -0.322 e. The molecule has 1 amide bonds. The molecule has 9 heteroatoms. The predicted octanol–water partition coefficient (Wildman–Crippen LogP) is 5.19. The minimum atomic E-state index is -3.96. The number of rotatable bonds is 5. The van der Waals surface area contributed by atoms with Crippen LogP contribution in [0.1, 0.15) is 10.4 Å². The van der Waals surface area contributed by atoms with Crippen molar-refractivity contribution >= 4 is 50.5 Å². The van der Waals surface area contributed by atoms with Crippen LogP contribution in [-0.4, -0.2) is 14.3 Å². The van der Waals surface area contributed by atoms with Gasteiger partial charge < -0.3 is 5.32 Å². The van der Waals surface area contributed by atoms with Crippen molar-refractivity contribution in [2.24, 2.45) is 0 Å². The zero-order valence-electron chi connectivity index (χ0n) is 14.1. The average molecular weight is 439 g/mol. The summed E-state index contributed by atoms with van der Waals surface area (Å²) >= 11 is 11.8. The highest BCUT2D eigenvalue weighted by Crippen LogP contribution is 2.25. The Morgan fingerprint density at radius 2 is 1.46 bits per heavy atom. The lowest BCUT2D eigenvalue weighted by Crippen LogP contribution is -2.18. The topological polar surface area (TPSA) is 75.3 Å². The molecule has 0 saturated carbocycles. The second kappa shape index (κ2) is 8.18. The number of nitrogens with one attached hydrogen (secondary N) is 2. The summed E-state index contributed by atoms with van der Waals surface area (Å²) in [6, 6.07) is 14.9. The molecular weight excluding hydrogens is 426 g/mol. The van der Waals surface area contributed by atoms with Crippen LogP contribution in [0.4, 0.5) is 15.8 Å². The molecule has 2 N–H and O–H groups in total. The summed E-state index contributed by atoms with van der Waals surface area (Å²) < 4.78 is 40.6. The van der Waals surface area contributed by atoms with Crippen molar-refractivity contribution < 1.29 is 17.6 Å². The highest BCUT2D eigenvalue weighted by Gasteiger charge is 2.19. The van der Waals surface area contributed by atoms with Crippen LogP contribution in [0.3, 0.4) is 0 Å². The summed E-state index contributed by atoms with van der Waals surface area (Å²) in [5.41, 5.74) is 0.395. The summed E-state index contributed by atoms with van der Waals surface area (Å²) in [4.78, 5) is 12.6. The molecule has 0 unspecified atom stereocenters. The molecule has 0 spiro atoms. The Labute approximate surface area is 171 Å². The molecule has 0 radical (unpaired) electrons. The fourth-order valence-corrected chi connectivity index (χ4v) is 3.72. The molecule has 144 valence electrons. The number of halogens is 3. The van der Waals surface area contributed by atoms with Crippen molar-refractivity contribution in [2.45, 2.75) is 4.90 Å². The molecule has 3 aromatic carbocycles. The Bertz CT molecular complexity index is 1120. The second-order valence-corrected chi connectivity index (χ2v) is 8.27. The van der Waals surface area contributed by atoms with Crippen LogP contribution < -0.4 is 10.0 Å². The maximum Gasteiger partial charge on any atom is 0.261 e. The van der Waals surface area contributed by atoms with Crippen LogP contribution in [0.25, 0.3) is 0 Å². The van der Waals surface area contributed by atoms with E-state index < -0.39 is 21.7 Å². The van der Waals surface area contributed by atoms with E-state index in [0.717, 1.165) is 0 Å². The van der Waals surface area contributed by atoms with Gasteiger partial charge in [0, 0.05) is 15.7 Å². The van der Waals surface area contributed by atoms with E-state index in [1.54, 1.807) is 0 Å². The van der Waals surface area contributed by atoms with Gasteiger partial charge >= 0.3 is 0 Å². The van der Waals surface area contributed by atoms with Crippen LogP contribution in [0, 0.1) is 5.82 Å². The quantitative estimate of drug-likeness (QED) is 0.575. The first-order valence-electron chi connectivity index (χ1n) is 7.89. The molecule has 0 atom stereocenters. The zero-order valence-corrected chi connectivity index (χ0v) is 16.4. The zero-order chi connectivity index (χ0) is 20.3. The Kier molecular flexibility index (Phi) is 5.88. The maximum atomic E-state index is 13.0. The Morgan fingerprint density at radius 3 is 2.11 bits per heavy atom. The minimum absolute atomic E-state index is 0.00867. The van der Waals surface area contributed by atoms with E-state index in [0.29, 0.717) is 10.7 Å². The lowest BCUT2D eigenvalue weighted by molar-refractivity contribution is 0.102. The third kappa shape index (κ3) is 4.81. The van der Waals surface area contributed by atoms with E-state index in [-0.39, 0.29) is 21.2 Å². The number of hydrogen-bond donors (Lipinski definition) is 2. The molecule has 0 fully saturated rings. The van der Waals surface area contributed by atoms with Crippen molar-refractivity contribution in [3.05, 3.63) is 88.2 Å². The van der Waals surface area contributed by atoms with Gasteiger partial charge in [0.25, 0.3) is 15.9 Å². The van der Waals surface area contributed by atoms with Gasteiger partial charge in [-0.3, -0.25) is 9.52 Å². The van der Waals surface area contributed by atoms with Crippen LogP contribution in [0.2, 0.25) is 10.0 Å². The van der Waals surface area contributed by atoms with Crippen LogP contribution >= 0.6 is 23.2 Å². The first-order chi connectivity index (χ1) is 13.2. The first-order valence-corrected chi connectivity index (χ1v) is 10.1. The van der Waals surface area contributed by atoms with Crippen molar-refractivity contribution in [2.75, 3.05) is 10.0 Å². The fraction of sp³-hybridized carbons (Fsp3) is 0. The normalized spacial score (nSPS) is 11.1. The van der Waals surface area contributed by atoms with E-state index in [1.807, 2.05) is 0 Å². The van der Waals surface area contributed by atoms with Crippen LogP contribution in [-0.2, 0) is 10.0 Å². The molecular formula is C19H13Cl2FN2O3S. The van der Waals surface area contributed by atoms with Gasteiger partial charge in [0.05, 0.1) is 16.1 Å². The molecule has 0 heterocycles. The molecule has 3 aromatic rings. The number of amides is 1. The smallest absolute Gasteiger partial charge is 0.261 e. The molecule has 0 bridgehead atoms. The highest BCUT2D eigenvalue weighted by atomic mass is 35.5. The van der Waals surface area contributed by atoms with Crippen LogP contribution in [0.15, 0.2) is 71.6 Å². The largest absolute Gasteiger partial charge is 0.322 e. The van der Waals surface area contributed by atoms with Gasteiger partial charge in [-0.15, -0.1) is 0 Å². The van der Waals surface area contributed by atoms with Gasteiger partial charge in [0.1, 0.15) is 5.82 Å². The Morgan fingerprint density at radius 1 is 0.857 bits per heavy atom. The van der Waals surface area contributed by atoms with E-state index >= 15 is 0 Å². The molecule has 28 heavy (non-hydrogen) atoms. The first kappa shape index (κ1) is 20.1. The van der Waals surface area contributed by atoms with Gasteiger partial charge in [0.15, 0.2) is 0 Å². The molecule has 0 aliphatic rings. The summed E-state index contributed by atoms with van der Waals surface area (Å²) in [6.07, 6.45) is 0. The third-order valence-electron chi connectivity index (χ3n) is 3.70. The van der Waals surface area contributed by atoms with Crippen molar-refractivity contribution in [3.63, 3.8) is 0 Å². The molecule has 0 saturated heterocycles. The molecule has 3 rings (SSSR count). The highest BCUT2D eigenvalue weighted by molar-refractivity contribution is 7.92. The maximum absolute atomic E-state index is 13.0. The summed E-state index contributed by atoms with van der Waals surface area (Å²) in [7, 11) is -3.96. The molecule has 5 nitrogen and oxygen atoms in total. The SMILES string of the molecule is O=C(Nc1ccc(F)cc1)c1cc(Cl)ccc1NS(=O)(=O)c1ccc(Cl)cc1. The van der Waals surface area contributed by atoms with Gasteiger partial charge in [-0.25, -0.2) is 12.8 Å². The van der Waals surface area contributed by atoms with Gasteiger partial charge in [0.2, 0.25) is 0 Å². The Hall–Kier alpha value is -2.61. The standard InChI is InChI=1S/C19H13Cl2FN2O3S/c20-12-1-8-16(9-2-12)28(26,27)24-18-10-3-13(21)11-17(18)19(25)23-15-6-4-14(22)5-7-15/h1-11,24H,(H,23,25). The van der Waals surface area contributed by atoms with Crippen molar-refractivity contribution in [1.29, 1.82) is 0 Å². The number of carbonyl (C=O) groups is 1. The predicted molar refractivity (Wildman–Crippen MR) is 108 cm³/mol. The number of carbonyl (C=O) groups excluding carboxylic acids is 1. The molecule has 0 aromatic heterocycles. The number of sulfonamides is 1. The molecule has 0 aliphatic heterocycles. The van der Waals surface area contributed by atoms with E-state index in [4.69, 9.17) is 23.2 Å². The summed E-state index contributed by atoms with van der Waals surface area (Å²) in [5, 5.41) is 3.21. The number of anilines is 2. The van der Waals surface area contributed by atoms with E-state index in [2.05, 4.69) is 10.0 Å².